The Labute approximate surface area is 170 Å². The summed E-state index contributed by atoms with van der Waals surface area (Å²) in [5, 5.41) is 2.92. The Morgan fingerprint density at radius 2 is 1.79 bits per heavy atom. The zero-order valence-electron chi connectivity index (χ0n) is 16.9. The predicted molar refractivity (Wildman–Crippen MR) is 114 cm³/mol. The lowest BCUT2D eigenvalue weighted by molar-refractivity contribution is -0.133. The quantitative estimate of drug-likeness (QED) is 0.633. The summed E-state index contributed by atoms with van der Waals surface area (Å²) in [6.07, 6.45) is 0. The zero-order valence-corrected chi connectivity index (χ0v) is 16.9. The first kappa shape index (κ1) is 19.3. The Hall–Kier alpha value is -3.06. The topological polar surface area (TPSA) is 65.1 Å². The second kappa shape index (κ2) is 8.13. The SMILES string of the molecule is Cc1ccc2c(c1)OC(=O)CN2CC(=O)Nc1ccc(N2CCN(C)CC2)cc1. The van der Waals surface area contributed by atoms with Crippen molar-refractivity contribution in [2.75, 3.05) is 61.4 Å². The number of carbonyl (C=O) groups excluding carboxylic acids is 2. The molecule has 0 aliphatic carbocycles. The van der Waals surface area contributed by atoms with Gasteiger partial charge in [-0.25, -0.2) is 4.79 Å². The Bertz CT molecular complexity index is 905. The number of nitrogens with zero attached hydrogens (tertiary/aromatic N) is 3. The van der Waals surface area contributed by atoms with Crippen LogP contribution in [0.4, 0.5) is 17.1 Å². The van der Waals surface area contributed by atoms with E-state index in [4.69, 9.17) is 4.74 Å². The smallest absolute Gasteiger partial charge is 0.331 e. The molecule has 0 radical (unpaired) electrons. The minimum atomic E-state index is -0.354. The van der Waals surface area contributed by atoms with E-state index < -0.39 is 0 Å². The lowest BCUT2D eigenvalue weighted by Crippen LogP contribution is -2.44. The summed E-state index contributed by atoms with van der Waals surface area (Å²) in [4.78, 5) is 30.9. The van der Waals surface area contributed by atoms with Crippen LogP contribution < -0.4 is 19.9 Å². The molecule has 1 N–H and O–H groups in total. The summed E-state index contributed by atoms with van der Waals surface area (Å²) >= 11 is 0. The molecule has 2 aromatic carbocycles. The van der Waals surface area contributed by atoms with Crippen molar-refractivity contribution in [3.8, 4) is 5.75 Å². The predicted octanol–water partition coefficient (Wildman–Crippen LogP) is 2.11. The van der Waals surface area contributed by atoms with E-state index >= 15 is 0 Å². The van der Waals surface area contributed by atoms with Gasteiger partial charge in [0.2, 0.25) is 5.91 Å². The Kier molecular flexibility index (Phi) is 5.40. The van der Waals surface area contributed by atoms with Crippen LogP contribution in [0.25, 0.3) is 0 Å². The number of ether oxygens (including phenoxy) is 1. The van der Waals surface area contributed by atoms with Gasteiger partial charge >= 0.3 is 5.97 Å². The van der Waals surface area contributed by atoms with Gasteiger partial charge in [-0.05, 0) is 55.9 Å². The fourth-order valence-corrected chi connectivity index (χ4v) is 3.70. The number of hydrogen-bond acceptors (Lipinski definition) is 6. The summed E-state index contributed by atoms with van der Waals surface area (Å²) in [5.74, 6) is -0.0171. The molecule has 1 saturated heterocycles. The molecule has 7 nitrogen and oxygen atoms in total. The molecule has 152 valence electrons. The molecule has 0 unspecified atom stereocenters. The molecule has 0 atom stereocenters. The van der Waals surface area contributed by atoms with Gasteiger partial charge in [0.15, 0.2) is 5.75 Å². The van der Waals surface area contributed by atoms with Crippen LogP contribution in [0.3, 0.4) is 0 Å². The van der Waals surface area contributed by atoms with E-state index in [9.17, 15) is 9.59 Å². The number of rotatable bonds is 4. The van der Waals surface area contributed by atoms with Crippen molar-refractivity contribution in [3.63, 3.8) is 0 Å². The number of amides is 1. The van der Waals surface area contributed by atoms with Gasteiger partial charge in [0.05, 0.1) is 12.2 Å². The number of esters is 1. The first-order valence-corrected chi connectivity index (χ1v) is 9.87. The van der Waals surface area contributed by atoms with Crippen LogP contribution in [-0.4, -0.2) is 63.1 Å². The van der Waals surface area contributed by atoms with Gasteiger partial charge in [0, 0.05) is 37.6 Å². The van der Waals surface area contributed by atoms with E-state index in [1.165, 1.54) is 5.69 Å². The highest BCUT2D eigenvalue weighted by atomic mass is 16.5. The molecule has 1 fully saturated rings. The van der Waals surface area contributed by atoms with E-state index in [2.05, 4.69) is 22.2 Å². The number of likely N-dealkylation sites (N-methyl/N-ethyl adjacent to an activating group) is 1. The third-order valence-electron chi connectivity index (χ3n) is 5.35. The monoisotopic (exact) mass is 394 g/mol. The first-order chi connectivity index (χ1) is 14.0. The Balaban J connectivity index is 1.38. The van der Waals surface area contributed by atoms with E-state index in [1.807, 2.05) is 49.4 Å². The van der Waals surface area contributed by atoms with Gasteiger partial charge in [-0.15, -0.1) is 0 Å². The Morgan fingerprint density at radius 3 is 2.52 bits per heavy atom. The summed E-state index contributed by atoms with van der Waals surface area (Å²) in [6, 6.07) is 13.6. The minimum Gasteiger partial charge on any atom is -0.423 e. The minimum absolute atomic E-state index is 0.0613. The number of aryl methyl sites for hydroxylation is 1. The van der Waals surface area contributed by atoms with Crippen molar-refractivity contribution in [1.82, 2.24) is 4.90 Å². The summed E-state index contributed by atoms with van der Waals surface area (Å²) in [5.41, 5.74) is 3.68. The van der Waals surface area contributed by atoms with Crippen LogP contribution in [0.5, 0.6) is 5.75 Å². The van der Waals surface area contributed by atoms with E-state index in [0.29, 0.717) is 5.75 Å². The van der Waals surface area contributed by atoms with Crippen molar-refractivity contribution in [2.24, 2.45) is 0 Å². The fraction of sp³-hybridized carbons (Fsp3) is 0.364. The molecule has 1 amide bonds. The van der Waals surface area contributed by atoms with Crippen molar-refractivity contribution in [1.29, 1.82) is 0 Å². The van der Waals surface area contributed by atoms with Crippen LogP contribution in [-0.2, 0) is 9.59 Å². The van der Waals surface area contributed by atoms with E-state index in [1.54, 1.807) is 4.90 Å². The van der Waals surface area contributed by atoms with E-state index in [0.717, 1.165) is 43.1 Å². The van der Waals surface area contributed by atoms with Crippen LogP contribution >= 0.6 is 0 Å². The third kappa shape index (κ3) is 4.51. The number of benzene rings is 2. The lowest BCUT2D eigenvalue weighted by atomic mass is 10.1. The van der Waals surface area contributed by atoms with Crippen molar-refractivity contribution < 1.29 is 14.3 Å². The molecule has 29 heavy (non-hydrogen) atoms. The molecule has 2 aliphatic rings. The highest BCUT2D eigenvalue weighted by Gasteiger charge is 2.25. The number of carbonyl (C=O) groups is 2. The number of hydrogen-bond donors (Lipinski definition) is 1. The molecule has 4 rings (SSSR count). The summed E-state index contributed by atoms with van der Waals surface area (Å²) in [7, 11) is 2.14. The number of nitrogens with one attached hydrogen (secondary N) is 1. The molecule has 2 aliphatic heterocycles. The zero-order chi connectivity index (χ0) is 20.4. The third-order valence-corrected chi connectivity index (χ3v) is 5.35. The molecular formula is C22H26N4O3. The lowest BCUT2D eigenvalue weighted by Gasteiger charge is -2.34. The van der Waals surface area contributed by atoms with Crippen LogP contribution in [0.2, 0.25) is 0 Å². The molecule has 2 heterocycles. The highest BCUT2D eigenvalue weighted by Crippen LogP contribution is 2.32. The standard InChI is InChI=1S/C22H26N4O3/c1-16-3-8-19-20(13-16)29-22(28)15-26(19)14-21(27)23-17-4-6-18(7-5-17)25-11-9-24(2)10-12-25/h3-8,13H,9-12,14-15H2,1-2H3,(H,23,27). The van der Waals surface area contributed by atoms with E-state index in [-0.39, 0.29) is 25.0 Å². The average Bonchev–Trinajstić information content (AvgIpc) is 2.68. The average molecular weight is 394 g/mol. The van der Waals surface area contributed by atoms with Gasteiger partial charge in [-0.1, -0.05) is 6.07 Å². The van der Waals surface area contributed by atoms with Gasteiger partial charge < -0.3 is 24.8 Å². The van der Waals surface area contributed by atoms with Crippen molar-refractivity contribution in [3.05, 3.63) is 48.0 Å². The maximum atomic E-state index is 12.6. The van der Waals surface area contributed by atoms with Gasteiger partial charge in [0.25, 0.3) is 0 Å². The van der Waals surface area contributed by atoms with Crippen molar-refractivity contribution in [2.45, 2.75) is 6.92 Å². The normalized spacial score (nSPS) is 17.0. The molecule has 0 aromatic heterocycles. The molecular weight excluding hydrogens is 368 g/mol. The second-order valence-corrected chi connectivity index (χ2v) is 7.69. The maximum absolute atomic E-state index is 12.6. The summed E-state index contributed by atoms with van der Waals surface area (Å²) in [6.45, 7) is 6.20. The summed E-state index contributed by atoms with van der Waals surface area (Å²) < 4.78 is 5.30. The molecule has 0 spiro atoms. The highest BCUT2D eigenvalue weighted by molar-refractivity contribution is 5.96. The van der Waals surface area contributed by atoms with Crippen molar-refractivity contribution >= 4 is 28.9 Å². The largest absolute Gasteiger partial charge is 0.423 e. The van der Waals surface area contributed by atoms with Gasteiger partial charge in [-0.2, -0.15) is 0 Å². The van der Waals surface area contributed by atoms with Crippen LogP contribution in [0.15, 0.2) is 42.5 Å². The fourth-order valence-electron chi connectivity index (χ4n) is 3.70. The van der Waals surface area contributed by atoms with Gasteiger partial charge in [0.1, 0.15) is 6.54 Å². The van der Waals surface area contributed by atoms with Crippen LogP contribution in [0.1, 0.15) is 5.56 Å². The molecule has 7 heteroatoms. The molecule has 0 saturated carbocycles. The maximum Gasteiger partial charge on any atom is 0.331 e. The van der Waals surface area contributed by atoms with Gasteiger partial charge in [-0.3, -0.25) is 4.79 Å². The molecule has 0 bridgehead atoms. The Morgan fingerprint density at radius 1 is 1.07 bits per heavy atom. The molecule has 2 aromatic rings. The van der Waals surface area contributed by atoms with Crippen LogP contribution in [0, 0.1) is 6.92 Å². The number of fused-ring (bicyclic) bond motifs is 1. The second-order valence-electron chi connectivity index (χ2n) is 7.69. The number of piperazine rings is 1. The first-order valence-electron chi connectivity index (χ1n) is 9.87. The number of anilines is 3.